The second kappa shape index (κ2) is 5.34. The molecule has 6 nitrogen and oxygen atoms in total. The third kappa shape index (κ3) is 2.89. The van der Waals surface area contributed by atoms with Crippen LogP contribution in [-0.4, -0.2) is 27.4 Å². The van der Waals surface area contributed by atoms with Gasteiger partial charge in [0.05, 0.1) is 4.90 Å². The molecular formula is C15H13NO5S. The average Bonchev–Trinajstić information content (AvgIpc) is 2.94. The van der Waals surface area contributed by atoms with Crippen molar-refractivity contribution in [1.82, 2.24) is 0 Å². The summed E-state index contributed by atoms with van der Waals surface area (Å²) in [6.45, 7) is 0.146. The standard InChI is InChI=1S/C15H13NO5S/c1-22(18,19)12-5-3-11(4-6-12)16-15(17)10-2-7-13-14(8-10)21-9-20-13/h2-8H,9H2,1H3,(H,16,17). The molecule has 0 atom stereocenters. The van der Waals surface area contributed by atoms with E-state index in [0.717, 1.165) is 6.26 Å². The van der Waals surface area contributed by atoms with E-state index in [0.29, 0.717) is 22.7 Å². The number of rotatable bonds is 3. The van der Waals surface area contributed by atoms with Crippen molar-refractivity contribution in [3.8, 4) is 11.5 Å². The Kier molecular flexibility index (Phi) is 3.50. The van der Waals surface area contributed by atoms with Gasteiger partial charge in [-0.3, -0.25) is 4.79 Å². The van der Waals surface area contributed by atoms with Crippen LogP contribution in [0, 0.1) is 0 Å². The molecule has 0 radical (unpaired) electrons. The zero-order valence-electron chi connectivity index (χ0n) is 11.7. The van der Waals surface area contributed by atoms with E-state index < -0.39 is 9.84 Å². The predicted molar refractivity (Wildman–Crippen MR) is 80.1 cm³/mol. The number of benzene rings is 2. The molecule has 2 aromatic carbocycles. The topological polar surface area (TPSA) is 81.7 Å². The molecule has 1 heterocycles. The van der Waals surface area contributed by atoms with Crippen LogP contribution in [0.5, 0.6) is 11.5 Å². The van der Waals surface area contributed by atoms with Gasteiger partial charge in [-0.25, -0.2) is 8.42 Å². The van der Waals surface area contributed by atoms with Gasteiger partial charge in [0.2, 0.25) is 6.79 Å². The Bertz CT molecular complexity index is 828. The van der Waals surface area contributed by atoms with Crippen LogP contribution in [-0.2, 0) is 9.84 Å². The lowest BCUT2D eigenvalue weighted by atomic mass is 10.2. The lowest BCUT2D eigenvalue weighted by Gasteiger charge is -2.07. The Balaban J connectivity index is 1.77. The maximum atomic E-state index is 12.2. The minimum absolute atomic E-state index is 0.146. The number of amides is 1. The summed E-state index contributed by atoms with van der Waals surface area (Å²) >= 11 is 0. The van der Waals surface area contributed by atoms with Gasteiger partial charge >= 0.3 is 0 Å². The highest BCUT2D eigenvalue weighted by Crippen LogP contribution is 2.32. The van der Waals surface area contributed by atoms with Gasteiger partial charge < -0.3 is 14.8 Å². The van der Waals surface area contributed by atoms with Crippen molar-refractivity contribution in [2.24, 2.45) is 0 Å². The summed E-state index contributed by atoms with van der Waals surface area (Å²) in [5, 5.41) is 2.70. The fraction of sp³-hybridized carbons (Fsp3) is 0.133. The third-order valence-corrected chi connectivity index (χ3v) is 4.30. The SMILES string of the molecule is CS(=O)(=O)c1ccc(NC(=O)c2ccc3c(c2)OCO3)cc1. The van der Waals surface area contributed by atoms with Crippen LogP contribution in [0.4, 0.5) is 5.69 Å². The first-order chi connectivity index (χ1) is 10.4. The van der Waals surface area contributed by atoms with Crippen LogP contribution in [0.2, 0.25) is 0 Å². The van der Waals surface area contributed by atoms with E-state index in [1.807, 2.05) is 0 Å². The molecule has 0 aliphatic carbocycles. The monoisotopic (exact) mass is 319 g/mol. The largest absolute Gasteiger partial charge is 0.454 e. The van der Waals surface area contributed by atoms with Crippen molar-refractivity contribution in [2.45, 2.75) is 4.90 Å². The smallest absolute Gasteiger partial charge is 0.255 e. The second-order valence-corrected chi connectivity index (χ2v) is 6.83. The van der Waals surface area contributed by atoms with Crippen molar-refractivity contribution in [2.75, 3.05) is 18.4 Å². The summed E-state index contributed by atoms with van der Waals surface area (Å²) in [4.78, 5) is 12.4. The van der Waals surface area contributed by atoms with Crippen LogP contribution >= 0.6 is 0 Å². The van der Waals surface area contributed by atoms with E-state index in [9.17, 15) is 13.2 Å². The Morgan fingerprint density at radius 2 is 1.73 bits per heavy atom. The molecule has 22 heavy (non-hydrogen) atoms. The van der Waals surface area contributed by atoms with Gasteiger partial charge in [0.15, 0.2) is 21.3 Å². The molecule has 3 rings (SSSR count). The fourth-order valence-electron chi connectivity index (χ4n) is 2.03. The number of anilines is 1. The van der Waals surface area contributed by atoms with E-state index in [1.165, 1.54) is 12.1 Å². The van der Waals surface area contributed by atoms with Gasteiger partial charge in [-0.2, -0.15) is 0 Å². The normalized spacial score (nSPS) is 13.0. The predicted octanol–water partition coefficient (Wildman–Crippen LogP) is 2.07. The minimum atomic E-state index is -3.25. The van der Waals surface area contributed by atoms with Gasteiger partial charge in [-0.1, -0.05) is 0 Å². The van der Waals surface area contributed by atoms with Gasteiger partial charge in [-0.05, 0) is 42.5 Å². The second-order valence-electron chi connectivity index (χ2n) is 4.82. The Morgan fingerprint density at radius 3 is 2.41 bits per heavy atom. The highest BCUT2D eigenvalue weighted by atomic mass is 32.2. The molecule has 2 aromatic rings. The summed E-state index contributed by atoms with van der Waals surface area (Å²) in [5.41, 5.74) is 0.937. The lowest BCUT2D eigenvalue weighted by molar-refractivity contribution is 0.102. The van der Waals surface area contributed by atoms with Crippen LogP contribution in [0.1, 0.15) is 10.4 Å². The van der Waals surface area contributed by atoms with Crippen LogP contribution < -0.4 is 14.8 Å². The molecule has 0 saturated carbocycles. The molecule has 0 spiro atoms. The highest BCUT2D eigenvalue weighted by molar-refractivity contribution is 7.90. The zero-order chi connectivity index (χ0) is 15.7. The summed E-state index contributed by atoms with van der Waals surface area (Å²) in [6, 6.07) is 10.9. The number of carbonyl (C=O) groups is 1. The lowest BCUT2D eigenvalue weighted by Crippen LogP contribution is -2.11. The first kappa shape index (κ1) is 14.4. The minimum Gasteiger partial charge on any atom is -0.454 e. The molecular weight excluding hydrogens is 306 g/mol. The van der Waals surface area contributed by atoms with Crippen molar-refractivity contribution < 1.29 is 22.7 Å². The van der Waals surface area contributed by atoms with Crippen LogP contribution in [0.15, 0.2) is 47.4 Å². The number of hydrogen-bond acceptors (Lipinski definition) is 5. The molecule has 1 N–H and O–H groups in total. The quantitative estimate of drug-likeness (QED) is 0.936. The molecule has 0 fully saturated rings. The Morgan fingerprint density at radius 1 is 1.05 bits per heavy atom. The third-order valence-electron chi connectivity index (χ3n) is 3.18. The van der Waals surface area contributed by atoms with Crippen molar-refractivity contribution in [3.05, 3.63) is 48.0 Å². The summed E-state index contributed by atoms with van der Waals surface area (Å²) in [6.07, 6.45) is 1.13. The number of carbonyl (C=O) groups excluding carboxylic acids is 1. The molecule has 114 valence electrons. The maximum Gasteiger partial charge on any atom is 0.255 e. The van der Waals surface area contributed by atoms with Gasteiger partial charge in [0.1, 0.15) is 0 Å². The molecule has 0 aromatic heterocycles. The van der Waals surface area contributed by atoms with Crippen molar-refractivity contribution in [1.29, 1.82) is 0 Å². The van der Waals surface area contributed by atoms with Gasteiger partial charge in [0.25, 0.3) is 5.91 Å². The molecule has 7 heteroatoms. The summed E-state index contributed by atoms with van der Waals surface area (Å²) in [5.74, 6) is 0.819. The molecule has 1 aliphatic heterocycles. The van der Waals surface area contributed by atoms with E-state index in [2.05, 4.69) is 5.32 Å². The number of hydrogen-bond donors (Lipinski definition) is 1. The van der Waals surface area contributed by atoms with Crippen molar-refractivity contribution in [3.63, 3.8) is 0 Å². The first-order valence-corrected chi connectivity index (χ1v) is 8.34. The van der Waals surface area contributed by atoms with E-state index >= 15 is 0 Å². The Labute approximate surface area is 127 Å². The van der Waals surface area contributed by atoms with Crippen molar-refractivity contribution >= 4 is 21.4 Å². The number of nitrogens with one attached hydrogen (secondary N) is 1. The zero-order valence-corrected chi connectivity index (χ0v) is 12.5. The molecule has 1 aliphatic rings. The molecule has 1 amide bonds. The average molecular weight is 319 g/mol. The fourth-order valence-corrected chi connectivity index (χ4v) is 2.66. The first-order valence-electron chi connectivity index (χ1n) is 6.44. The van der Waals surface area contributed by atoms with Gasteiger partial charge in [0, 0.05) is 17.5 Å². The number of ether oxygens (including phenoxy) is 2. The van der Waals surface area contributed by atoms with Gasteiger partial charge in [-0.15, -0.1) is 0 Å². The number of sulfone groups is 1. The maximum absolute atomic E-state index is 12.2. The molecule has 0 unspecified atom stereocenters. The van der Waals surface area contributed by atoms with Crippen LogP contribution in [0.3, 0.4) is 0 Å². The van der Waals surface area contributed by atoms with E-state index in [4.69, 9.17) is 9.47 Å². The van der Waals surface area contributed by atoms with E-state index in [1.54, 1.807) is 30.3 Å². The Hall–Kier alpha value is -2.54. The highest BCUT2D eigenvalue weighted by Gasteiger charge is 2.16. The van der Waals surface area contributed by atoms with E-state index in [-0.39, 0.29) is 17.6 Å². The summed E-state index contributed by atoms with van der Waals surface area (Å²) < 4.78 is 33.2. The summed E-state index contributed by atoms with van der Waals surface area (Å²) in [7, 11) is -3.25. The molecule has 0 bridgehead atoms. The molecule has 0 saturated heterocycles. The number of fused-ring (bicyclic) bond motifs is 1. The van der Waals surface area contributed by atoms with Crippen LogP contribution in [0.25, 0.3) is 0 Å².